The molecule has 20 heteroatoms. The van der Waals surface area contributed by atoms with Crippen LogP contribution in [0.2, 0.25) is 0 Å². The topological polar surface area (TPSA) is 0 Å². The minimum atomic E-state index is -5.24. The zero-order valence-electron chi connectivity index (χ0n) is 62.3. The van der Waals surface area contributed by atoms with Crippen molar-refractivity contribution >= 4 is 0 Å². The highest BCUT2D eigenvalue weighted by molar-refractivity contribution is 4.87. The van der Waals surface area contributed by atoms with E-state index in [4.69, 9.17) is 0 Å². The smallest absolute Gasteiger partial charge is 0.251 e. The Labute approximate surface area is 536 Å². The summed E-state index contributed by atoms with van der Waals surface area (Å²) >= 11 is 0. The number of hydrogen-bond donors (Lipinski definition) is 0. The van der Waals surface area contributed by atoms with Crippen LogP contribution in [-0.4, -0.2) is 56.8 Å². The average Bonchev–Trinajstić information content (AvgIpc) is 3.40. The third-order valence-corrected chi connectivity index (χ3v) is 13.7. The second-order valence-corrected chi connectivity index (χ2v) is 26.8. The van der Waals surface area contributed by atoms with Gasteiger partial charge in [0.25, 0.3) is 0 Å². The van der Waals surface area contributed by atoms with E-state index in [-0.39, 0.29) is 51.4 Å². The second kappa shape index (κ2) is 65.3. The molecule has 0 saturated heterocycles. The van der Waals surface area contributed by atoms with Crippen molar-refractivity contribution in [3.05, 3.63) is 0 Å². The van der Waals surface area contributed by atoms with Gasteiger partial charge in [0.1, 0.15) is 0 Å². The molecule has 89 heavy (non-hydrogen) atoms. The fraction of sp³-hybridized carbons (Fsp3) is 1.00. The van der Waals surface area contributed by atoms with E-state index in [0.717, 1.165) is 44.4 Å². The first-order valence-electron chi connectivity index (χ1n) is 33.0. The van der Waals surface area contributed by atoms with Crippen LogP contribution in [0.15, 0.2) is 0 Å². The van der Waals surface area contributed by atoms with E-state index >= 15 is 0 Å². The summed E-state index contributed by atoms with van der Waals surface area (Å²) in [5, 5.41) is 0. The Bertz CT molecular complexity index is 1310. The molecule has 0 spiro atoms. The summed E-state index contributed by atoms with van der Waals surface area (Å²) in [5.74, 6) is -3.78. The molecule has 0 aromatic heterocycles. The summed E-state index contributed by atoms with van der Waals surface area (Å²) in [6.45, 7) is 57.0. The van der Waals surface area contributed by atoms with Crippen LogP contribution >= 0.6 is 0 Å². The van der Waals surface area contributed by atoms with Gasteiger partial charge < -0.3 is 0 Å². The van der Waals surface area contributed by atoms with Crippen LogP contribution < -0.4 is 0 Å². The zero-order valence-corrected chi connectivity index (χ0v) is 62.3. The van der Waals surface area contributed by atoms with Crippen molar-refractivity contribution < 1.29 is 87.8 Å². The molecule has 0 aromatic carbocycles. The predicted molar refractivity (Wildman–Crippen MR) is 346 cm³/mol. The maximum Gasteiger partial charge on any atom is 0.402 e. The van der Waals surface area contributed by atoms with Gasteiger partial charge in [0.05, 0.1) is 25.2 Å². The van der Waals surface area contributed by atoms with Crippen molar-refractivity contribution in [2.75, 3.05) is 13.3 Å². The predicted octanol–water partition coefficient (Wildman–Crippen LogP) is 30.9. The Kier molecular flexibility index (Phi) is 84.3. The molecule has 0 aliphatic carbocycles. The van der Waals surface area contributed by atoms with Crippen molar-refractivity contribution in [1.82, 2.24) is 0 Å². The standard InChI is InChI=1S/C7H16.C6H8F6.C6H11F3.2C6H12F2.C6H13F.2C6H14.C5H9F3.C5H10F2.C5H11F.C5H12/c1-5-6-7(2,3)4;1-3-4(2,5(7,8)9)6(10,11)12;1-3-4-5(2)6(7,8)9;1-4-6(7,8)5(2)3;1-3-4-5(2)6(7)8;1-3-4-6(2)5-7;1-5-6(2,3)4;1-4-5-6(2)3;1-3-4(2)5(6,7)8;1-3-4(2)5(6)7;1-3-5(2)4-6;1-4-5(2)3/h5-6H2,1-4H3;3H2,1-2H3;5H,3-4H2,1-2H3;5H,4H2,1-3H3;5-6H,3-4H2,1-2H3;6H,3-5H2,1-2H3;5H2,1-4H3;6H,4-5H2,1-3H3;4H,3H2,1-2H3;4-5H,3H2,1-2H3;5H,3-4H2,1-2H3;5H,4H2,1-3H3. The summed E-state index contributed by atoms with van der Waals surface area (Å²) in [6, 6.07) is 0. The summed E-state index contributed by atoms with van der Waals surface area (Å²) in [7, 11) is 0. The summed E-state index contributed by atoms with van der Waals surface area (Å²) in [6.07, 6.45) is -9.69. The Morgan fingerprint density at radius 2 is 0.640 bits per heavy atom. The molecule has 0 radical (unpaired) electrons. The Hall–Kier alpha value is -1.40. The van der Waals surface area contributed by atoms with E-state index < -0.39 is 84.9 Å². The fourth-order valence-corrected chi connectivity index (χ4v) is 4.56. The van der Waals surface area contributed by atoms with Crippen LogP contribution in [0.5, 0.6) is 0 Å². The van der Waals surface area contributed by atoms with E-state index in [2.05, 4.69) is 104 Å². The summed E-state index contributed by atoms with van der Waals surface area (Å²) in [5.41, 5.74) is -2.49. The number of rotatable bonds is 20. The van der Waals surface area contributed by atoms with Crippen LogP contribution in [-0.2, 0) is 0 Å². The van der Waals surface area contributed by atoms with Gasteiger partial charge >= 0.3 is 24.7 Å². The molecular formula is C69H142F20. The molecule has 6 unspecified atom stereocenters. The van der Waals surface area contributed by atoms with Gasteiger partial charge in [-0.15, -0.1) is 0 Å². The van der Waals surface area contributed by atoms with Gasteiger partial charge in [-0.2, -0.15) is 52.7 Å². The Morgan fingerprint density at radius 3 is 0.674 bits per heavy atom. The lowest BCUT2D eigenvalue weighted by atomic mass is 9.86. The molecule has 0 fully saturated rings. The zero-order chi connectivity index (χ0) is 74.8. The van der Waals surface area contributed by atoms with E-state index in [1.165, 1.54) is 80.1 Å². The minimum Gasteiger partial charge on any atom is -0.251 e. The first-order chi connectivity index (χ1) is 39.7. The van der Waals surface area contributed by atoms with Gasteiger partial charge in [-0.3, -0.25) is 8.78 Å². The molecule has 0 amide bonds. The molecule has 0 nitrogen and oxygen atoms in total. The lowest BCUT2D eigenvalue weighted by Crippen LogP contribution is -2.47. The maximum atomic E-state index is 12.3. The molecule has 558 valence electrons. The van der Waals surface area contributed by atoms with Crippen molar-refractivity contribution in [2.24, 2.45) is 69.5 Å². The van der Waals surface area contributed by atoms with E-state index in [0.29, 0.717) is 30.1 Å². The maximum absolute atomic E-state index is 12.3. The normalized spacial score (nSPS) is 13.8. The summed E-state index contributed by atoms with van der Waals surface area (Å²) in [4.78, 5) is 0. The van der Waals surface area contributed by atoms with Crippen LogP contribution in [0.4, 0.5) is 87.8 Å². The average molecular weight is 1350 g/mol. The highest BCUT2D eigenvalue weighted by atomic mass is 19.4. The molecule has 6 atom stereocenters. The number of halogens is 20. The largest absolute Gasteiger partial charge is 0.402 e. The van der Waals surface area contributed by atoms with Gasteiger partial charge in [0, 0.05) is 24.2 Å². The first-order valence-corrected chi connectivity index (χ1v) is 33.0. The molecule has 0 aliphatic rings. The summed E-state index contributed by atoms with van der Waals surface area (Å²) < 4.78 is 234. The molecule has 0 rings (SSSR count). The molecule has 0 bridgehead atoms. The van der Waals surface area contributed by atoms with Crippen molar-refractivity contribution in [3.8, 4) is 0 Å². The third-order valence-electron chi connectivity index (χ3n) is 13.7. The molecule has 0 aliphatic heterocycles. The van der Waals surface area contributed by atoms with E-state index in [1.807, 2.05) is 27.7 Å². The van der Waals surface area contributed by atoms with Crippen LogP contribution in [0.1, 0.15) is 324 Å². The molecular weight excluding hydrogens is 1210 g/mol. The van der Waals surface area contributed by atoms with Crippen molar-refractivity contribution in [3.63, 3.8) is 0 Å². The van der Waals surface area contributed by atoms with Crippen LogP contribution in [0, 0.1) is 69.5 Å². The van der Waals surface area contributed by atoms with Crippen LogP contribution in [0.3, 0.4) is 0 Å². The van der Waals surface area contributed by atoms with E-state index in [1.54, 1.807) is 27.7 Å². The third kappa shape index (κ3) is 97.8. The second-order valence-electron chi connectivity index (χ2n) is 26.8. The molecule has 0 aromatic rings. The monoisotopic (exact) mass is 1350 g/mol. The van der Waals surface area contributed by atoms with Gasteiger partial charge in [-0.1, -0.05) is 265 Å². The number of alkyl halides is 20. The number of hydrogen-bond acceptors (Lipinski definition) is 0. The van der Waals surface area contributed by atoms with Gasteiger partial charge in [0.15, 0.2) is 5.41 Å². The van der Waals surface area contributed by atoms with Gasteiger partial charge in [0.2, 0.25) is 18.8 Å². The van der Waals surface area contributed by atoms with Crippen LogP contribution in [0.25, 0.3) is 0 Å². The fourth-order valence-electron chi connectivity index (χ4n) is 4.56. The quantitative estimate of drug-likeness (QED) is 0.107. The lowest BCUT2D eigenvalue weighted by Gasteiger charge is -2.32. The molecule has 0 heterocycles. The highest BCUT2D eigenvalue weighted by Crippen LogP contribution is 2.52. The molecule has 0 N–H and O–H groups in total. The van der Waals surface area contributed by atoms with Crippen molar-refractivity contribution in [1.29, 1.82) is 0 Å². The Morgan fingerprint density at radius 1 is 0.315 bits per heavy atom. The van der Waals surface area contributed by atoms with Crippen molar-refractivity contribution in [2.45, 2.75) is 367 Å². The van der Waals surface area contributed by atoms with Gasteiger partial charge in [-0.25, -0.2) is 26.3 Å². The van der Waals surface area contributed by atoms with E-state index in [9.17, 15) is 87.8 Å². The lowest BCUT2D eigenvalue weighted by molar-refractivity contribution is -0.335. The Balaban J connectivity index is -0.0000000731. The van der Waals surface area contributed by atoms with Gasteiger partial charge in [-0.05, 0) is 86.4 Å². The highest BCUT2D eigenvalue weighted by Gasteiger charge is 2.66. The SMILES string of the molecule is CCC(C)(C(F)(F)F)C(F)(F)F.CCC(C)(C)C.CCC(C)C.CCC(C)C(F)(F)F.CCC(C)C(F)F.CCC(C)CF.CCC(F)(F)C(C)C.CCCC(C)(C)C.CCCC(C)C.CCCC(C)C(F)(F)F.CCCC(C)C(F)F.CCCC(C)CF. The minimum absolute atomic E-state index is 0.0509. The first kappa shape index (κ1) is 115. The molecule has 0 saturated carbocycles.